The van der Waals surface area contributed by atoms with Crippen molar-refractivity contribution in [2.75, 3.05) is 6.54 Å². The molecular formula is C19H21NO2. The van der Waals surface area contributed by atoms with Crippen LogP contribution in [0.5, 0.6) is 0 Å². The monoisotopic (exact) mass is 295 g/mol. The third-order valence-corrected chi connectivity index (χ3v) is 4.34. The van der Waals surface area contributed by atoms with Crippen molar-refractivity contribution in [2.45, 2.75) is 31.7 Å². The Morgan fingerprint density at radius 1 is 0.909 bits per heavy atom. The minimum absolute atomic E-state index is 0.322. The number of aromatic carboxylic acids is 1. The van der Waals surface area contributed by atoms with Crippen molar-refractivity contribution in [3.8, 4) is 11.1 Å². The summed E-state index contributed by atoms with van der Waals surface area (Å²) in [5.41, 5.74) is 3.83. The summed E-state index contributed by atoms with van der Waals surface area (Å²) in [7, 11) is 0. The van der Waals surface area contributed by atoms with Gasteiger partial charge in [0.05, 0.1) is 5.56 Å². The molecule has 1 saturated heterocycles. The number of benzene rings is 2. The highest BCUT2D eigenvalue weighted by atomic mass is 16.4. The second-order valence-electron chi connectivity index (χ2n) is 5.86. The quantitative estimate of drug-likeness (QED) is 0.889. The van der Waals surface area contributed by atoms with Gasteiger partial charge in [-0.25, -0.2) is 4.79 Å². The van der Waals surface area contributed by atoms with Crippen LogP contribution in [0.3, 0.4) is 0 Å². The predicted molar refractivity (Wildman–Crippen MR) is 88.0 cm³/mol. The fourth-order valence-electron chi connectivity index (χ4n) is 3.03. The van der Waals surface area contributed by atoms with E-state index in [-0.39, 0.29) is 0 Å². The van der Waals surface area contributed by atoms with Gasteiger partial charge in [-0.3, -0.25) is 0 Å². The largest absolute Gasteiger partial charge is 0.478 e. The molecule has 0 amide bonds. The standard InChI is InChI=1S/C19H21NO2/c21-19(22)17-11-7-15(8-12-17)14-5-9-16(10-6-14)18-4-2-1-3-13-20-18/h5-12,18,20H,1-4,13H2,(H,21,22). The van der Waals surface area contributed by atoms with Crippen LogP contribution in [0, 0.1) is 0 Å². The first-order valence-electron chi connectivity index (χ1n) is 7.91. The lowest BCUT2D eigenvalue weighted by molar-refractivity contribution is 0.0697. The van der Waals surface area contributed by atoms with Gasteiger partial charge in [-0.2, -0.15) is 0 Å². The predicted octanol–water partition coefficient (Wildman–Crippen LogP) is 4.26. The molecule has 2 N–H and O–H groups in total. The highest BCUT2D eigenvalue weighted by molar-refractivity contribution is 5.88. The molecule has 2 aromatic rings. The number of nitrogens with one attached hydrogen (secondary N) is 1. The lowest BCUT2D eigenvalue weighted by Gasteiger charge is -2.16. The van der Waals surface area contributed by atoms with E-state index in [2.05, 4.69) is 29.6 Å². The van der Waals surface area contributed by atoms with E-state index in [4.69, 9.17) is 5.11 Å². The van der Waals surface area contributed by atoms with Crippen molar-refractivity contribution >= 4 is 5.97 Å². The van der Waals surface area contributed by atoms with Crippen LogP contribution in [0.4, 0.5) is 0 Å². The average molecular weight is 295 g/mol. The maximum absolute atomic E-state index is 10.9. The molecule has 1 unspecified atom stereocenters. The lowest BCUT2D eigenvalue weighted by Crippen LogP contribution is -2.20. The Hall–Kier alpha value is -2.13. The Morgan fingerprint density at radius 3 is 2.18 bits per heavy atom. The molecule has 1 fully saturated rings. The van der Waals surface area contributed by atoms with Gasteiger partial charge in [0.1, 0.15) is 0 Å². The van der Waals surface area contributed by atoms with E-state index >= 15 is 0 Å². The number of hydrogen-bond donors (Lipinski definition) is 2. The van der Waals surface area contributed by atoms with Crippen LogP contribution in [0.15, 0.2) is 48.5 Å². The van der Waals surface area contributed by atoms with Crippen molar-refractivity contribution < 1.29 is 9.90 Å². The third-order valence-electron chi connectivity index (χ3n) is 4.34. The fourth-order valence-corrected chi connectivity index (χ4v) is 3.03. The summed E-state index contributed by atoms with van der Waals surface area (Å²) in [6, 6.07) is 16.1. The van der Waals surface area contributed by atoms with Gasteiger partial charge < -0.3 is 10.4 Å². The third kappa shape index (κ3) is 3.37. The summed E-state index contributed by atoms with van der Waals surface area (Å²) in [5.74, 6) is -0.888. The van der Waals surface area contributed by atoms with Crippen LogP contribution < -0.4 is 5.32 Å². The van der Waals surface area contributed by atoms with E-state index in [0.29, 0.717) is 11.6 Å². The molecule has 0 aliphatic carbocycles. The second-order valence-corrected chi connectivity index (χ2v) is 5.86. The number of rotatable bonds is 3. The number of carboxylic acid groups (broad SMARTS) is 1. The van der Waals surface area contributed by atoms with E-state index in [0.717, 1.165) is 17.7 Å². The number of carbonyl (C=O) groups is 1. The van der Waals surface area contributed by atoms with E-state index < -0.39 is 5.97 Å². The summed E-state index contributed by atoms with van der Waals surface area (Å²) in [6.07, 6.45) is 5.07. The first-order chi connectivity index (χ1) is 10.7. The van der Waals surface area contributed by atoms with Crippen LogP contribution in [0.2, 0.25) is 0 Å². The SMILES string of the molecule is O=C(O)c1ccc(-c2ccc(C3CCCCCN3)cc2)cc1. The molecule has 3 heteroatoms. The van der Waals surface area contributed by atoms with Gasteiger partial charge in [-0.15, -0.1) is 0 Å². The molecule has 0 spiro atoms. The van der Waals surface area contributed by atoms with Gasteiger partial charge in [0.15, 0.2) is 0 Å². The molecule has 1 atom stereocenters. The molecule has 0 radical (unpaired) electrons. The Kier molecular flexibility index (Phi) is 4.54. The van der Waals surface area contributed by atoms with Crippen LogP contribution in [-0.2, 0) is 0 Å². The van der Waals surface area contributed by atoms with E-state index in [1.807, 2.05) is 12.1 Å². The Balaban J connectivity index is 1.77. The van der Waals surface area contributed by atoms with Crippen molar-refractivity contribution in [3.63, 3.8) is 0 Å². The molecule has 0 bridgehead atoms. The summed E-state index contributed by atoms with van der Waals surface area (Å²) in [5, 5.41) is 12.6. The Labute approximate surface area is 131 Å². The molecule has 1 aliphatic heterocycles. The molecule has 1 aliphatic rings. The van der Waals surface area contributed by atoms with Gasteiger partial charge in [0.2, 0.25) is 0 Å². The summed E-state index contributed by atoms with van der Waals surface area (Å²) in [4.78, 5) is 10.9. The highest BCUT2D eigenvalue weighted by Crippen LogP contribution is 2.26. The molecule has 22 heavy (non-hydrogen) atoms. The minimum atomic E-state index is -0.888. The van der Waals surface area contributed by atoms with Crippen molar-refractivity contribution in [1.29, 1.82) is 0 Å². The molecule has 3 rings (SSSR count). The zero-order chi connectivity index (χ0) is 15.4. The highest BCUT2D eigenvalue weighted by Gasteiger charge is 2.13. The van der Waals surface area contributed by atoms with E-state index in [1.54, 1.807) is 12.1 Å². The normalized spacial score (nSPS) is 18.6. The minimum Gasteiger partial charge on any atom is -0.478 e. The van der Waals surface area contributed by atoms with Crippen molar-refractivity contribution in [3.05, 3.63) is 59.7 Å². The first-order valence-corrected chi connectivity index (χ1v) is 7.91. The second kappa shape index (κ2) is 6.75. The van der Waals surface area contributed by atoms with Gasteiger partial charge in [0.25, 0.3) is 0 Å². The maximum Gasteiger partial charge on any atom is 0.335 e. The van der Waals surface area contributed by atoms with Crippen molar-refractivity contribution in [2.24, 2.45) is 0 Å². The zero-order valence-corrected chi connectivity index (χ0v) is 12.6. The average Bonchev–Trinajstić information content (AvgIpc) is 2.84. The Bertz CT molecular complexity index is 623. The molecule has 3 nitrogen and oxygen atoms in total. The molecular weight excluding hydrogens is 274 g/mol. The van der Waals surface area contributed by atoms with Crippen LogP contribution in [-0.4, -0.2) is 17.6 Å². The lowest BCUT2D eigenvalue weighted by atomic mass is 9.98. The zero-order valence-electron chi connectivity index (χ0n) is 12.6. The molecule has 0 aromatic heterocycles. The molecule has 114 valence electrons. The van der Waals surface area contributed by atoms with E-state index in [1.165, 1.54) is 31.2 Å². The number of hydrogen-bond acceptors (Lipinski definition) is 2. The first kappa shape index (κ1) is 14.8. The molecule has 1 heterocycles. The topological polar surface area (TPSA) is 49.3 Å². The number of carboxylic acids is 1. The molecule has 2 aromatic carbocycles. The fraction of sp³-hybridized carbons (Fsp3) is 0.316. The van der Waals surface area contributed by atoms with Gasteiger partial charge in [0, 0.05) is 6.04 Å². The van der Waals surface area contributed by atoms with Crippen LogP contribution >= 0.6 is 0 Å². The van der Waals surface area contributed by atoms with Crippen LogP contribution in [0.25, 0.3) is 11.1 Å². The summed E-state index contributed by atoms with van der Waals surface area (Å²) in [6.45, 7) is 1.10. The Morgan fingerprint density at radius 2 is 1.55 bits per heavy atom. The maximum atomic E-state index is 10.9. The van der Waals surface area contributed by atoms with Gasteiger partial charge in [-0.1, -0.05) is 49.2 Å². The van der Waals surface area contributed by atoms with E-state index in [9.17, 15) is 4.79 Å². The van der Waals surface area contributed by atoms with Gasteiger partial charge >= 0.3 is 5.97 Å². The van der Waals surface area contributed by atoms with Crippen molar-refractivity contribution in [1.82, 2.24) is 5.32 Å². The summed E-state index contributed by atoms with van der Waals surface area (Å²) < 4.78 is 0. The van der Waals surface area contributed by atoms with Crippen LogP contribution in [0.1, 0.15) is 47.6 Å². The summed E-state index contributed by atoms with van der Waals surface area (Å²) >= 11 is 0. The molecule has 0 saturated carbocycles. The van der Waals surface area contributed by atoms with Gasteiger partial charge in [-0.05, 0) is 48.2 Å². The smallest absolute Gasteiger partial charge is 0.335 e.